The molecular formula is C16H28N2O. The Morgan fingerprint density at radius 3 is 2.00 bits per heavy atom. The fourth-order valence-corrected chi connectivity index (χ4v) is 3.31. The van der Waals surface area contributed by atoms with Crippen molar-refractivity contribution in [2.45, 2.75) is 59.1 Å². The first-order chi connectivity index (χ1) is 9.01. The van der Waals surface area contributed by atoms with Gasteiger partial charge in [-0.1, -0.05) is 33.8 Å². The molecule has 0 aliphatic carbocycles. The van der Waals surface area contributed by atoms with Crippen LogP contribution in [0.15, 0.2) is 24.4 Å². The highest BCUT2D eigenvalue weighted by atomic mass is 16.3. The Bertz CT molecular complexity index is 367. The van der Waals surface area contributed by atoms with Gasteiger partial charge in [0.2, 0.25) is 0 Å². The van der Waals surface area contributed by atoms with Crippen LogP contribution in [0.2, 0.25) is 0 Å². The Morgan fingerprint density at radius 2 is 1.63 bits per heavy atom. The maximum atomic E-state index is 11.3. The highest BCUT2D eigenvalue weighted by molar-refractivity contribution is 5.40. The summed E-state index contributed by atoms with van der Waals surface area (Å²) in [5, 5.41) is 11.3. The minimum atomic E-state index is -0.862. The second-order valence-corrected chi connectivity index (χ2v) is 5.26. The zero-order valence-electron chi connectivity index (χ0n) is 13.0. The van der Waals surface area contributed by atoms with Gasteiger partial charge in [-0.15, -0.1) is 0 Å². The van der Waals surface area contributed by atoms with Crippen molar-refractivity contribution >= 4 is 5.82 Å². The van der Waals surface area contributed by atoms with Gasteiger partial charge in [0.25, 0.3) is 0 Å². The van der Waals surface area contributed by atoms with E-state index in [0.29, 0.717) is 6.42 Å². The van der Waals surface area contributed by atoms with Crippen LogP contribution in [-0.4, -0.2) is 22.9 Å². The predicted octanol–water partition coefficient (Wildman–Crippen LogP) is 3.83. The summed E-state index contributed by atoms with van der Waals surface area (Å²) in [6.45, 7) is 8.55. The van der Waals surface area contributed by atoms with Gasteiger partial charge in [0, 0.05) is 18.7 Å². The predicted molar refractivity (Wildman–Crippen MR) is 81.2 cm³/mol. The third kappa shape index (κ3) is 2.62. The molecule has 1 rings (SSSR count). The van der Waals surface area contributed by atoms with Gasteiger partial charge >= 0.3 is 0 Å². The number of hydrogen-bond acceptors (Lipinski definition) is 3. The lowest BCUT2D eigenvalue weighted by atomic mass is 9.69. The van der Waals surface area contributed by atoms with Gasteiger partial charge in [0.1, 0.15) is 11.5 Å². The molecule has 1 atom stereocenters. The molecule has 3 nitrogen and oxygen atoms in total. The molecule has 0 bridgehead atoms. The summed E-state index contributed by atoms with van der Waals surface area (Å²) in [7, 11) is 1.95. The highest BCUT2D eigenvalue weighted by Gasteiger charge is 2.48. The van der Waals surface area contributed by atoms with E-state index in [1.807, 2.05) is 30.1 Å². The van der Waals surface area contributed by atoms with E-state index in [4.69, 9.17) is 0 Å². The second-order valence-electron chi connectivity index (χ2n) is 5.26. The Morgan fingerprint density at radius 1 is 1.05 bits per heavy atom. The molecule has 0 aliphatic heterocycles. The molecule has 0 radical (unpaired) electrons. The maximum absolute atomic E-state index is 11.3. The summed E-state index contributed by atoms with van der Waals surface area (Å²) in [5.41, 5.74) is -0.965. The largest absolute Gasteiger partial charge is 0.370 e. The van der Waals surface area contributed by atoms with Crippen molar-refractivity contribution in [3.63, 3.8) is 0 Å². The number of pyridine rings is 1. The molecule has 19 heavy (non-hydrogen) atoms. The average Bonchev–Trinajstić information content (AvgIpc) is 2.49. The quantitative estimate of drug-likeness (QED) is 0.760. The fourth-order valence-electron chi connectivity index (χ4n) is 3.31. The Labute approximate surface area is 117 Å². The number of anilines is 1. The van der Waals surface area contributed by atoms with E-state index < -0.39 is 5.72 Å². The Hall–Kier alpha value is -1.09. The first kappa shape index (κ1) is 16.0. The zero-order valence-corrected chi connectivity index (χ0v) is 13.0. The minimum Gasteiger partial charge on any atom is -0.370 e. The van der Waals surface area contributed by atoms with E-state index in [1.54, 1.807) is 6.20 Å². The van der Waals surface area contributed by atoms with Crippen LogP contribution in [0.3, 0.4) is 0 Å². The normalized spacial score (nSPS) is 15.1. The number of hydrogen-bond donors (Lipinski definition) is 1. The molecule has 0 saturated heterocycles. The molecule has 1 aromatic rings. The second kappa shape index (κ2) is 6.38. The van der Waals surface area contributed by atoms with Crippen LogP contribution in [0.25, 0.3) is 0 Å². The molecule has 3 heteroatoms. The van der Waals surface area contributed by atoms with Crippen LogP contribution in [0.4, 0.5) is 5.82 Å². The molecular weight excluding hydrogens is 236 g/mol. The van der Waals surface area contributed by atoms with Gasteiger partial charge in [0.05, 0.1) is 0 Å². The molecule has 1 heterocycles. The smallest absolute Gasteiger partial charge is 0.144 e. The van der Waals surface area contributed by atoms with Crippen LogP contribution in [0.1, 0.15) is 53.4 Å². The summed E-state index contributed by atoms with van der Waals surface area (Å²) in [6.07, 6.45) is 5.34. The van der Waals surface area contributed by atoms with Gasteiger partial charge in [-0.05, 0) is 37.8 Å². The van der Waals surface area contributed by atoms with Crippen LogP contribution in [0.5, 0.6) is 0 Å². The Balaban J connectivity index is 3.22. The summed E-state index contributed by atoms with van der Waals surface area (Å²) >= 11 is 0. The summed E-state index contributed by atoms with van der Waals surface area (Å²) in [5.74, 6) is 0.826. The zero-order chi connectivity index (χ0) is 14.5. The van der Waals surface area contributed by atoms with E-state index in [9.17, 15) is 5.11 Å². The van der Waals surface area contributed by atoms with Crippen molar-refractivity contribution < 1.29 is 5.11 Å². The molecule has 1 N–H and O–H groups in total. The standard InChI is InChI=1S/C16H28N2O/c1-6-15(7-2,8-3)16(19,9-4)18(5)14-12-10-11-13-17-14/h10-13,19H,6-9H2,1-5H3. The van der Waals surface area contributed by atoms with E-state index >= 15 is 0 Å². The first-order valence-electron chi connectivity index (χ1n) is 7.38. The van der Waals surface area contributed by atoms with Gasteiger partial charge < -0.3 is 10.0 Å². The number of nitrogens with zero attached hydrogens (tertiary/aromatic N) is 2. The van der Waals surface area contributed by atoms with Crippen molar-refractivity contribution in [1.82, 2.24) is 4.98 Å². The van der Waals surface area contributed by atoms with Crippen molar-refractivity contribution in [2.24, 2.45) is 5.41 Å². The van der Waals surface area contributed by atoms with E-state index in [2.05, 4.69) is 32.7 Å². The number of rotatable bonds is 7. The van der Waals surface area contributed by atoms with Crippen molar-refractivity contribution in [2.75, 3.05) is 11.9 Å². The Kier molecular flexibility index (Phi) is 5.36. The molecule has 0 saturated carbocycles. The molecule has 0 amide bonds. The SMILES string of the molecule is CCC(CC)(CC)C(O)(CC)N(C)c1ccccn1. The lowest BCUT2D eigenvalue weighted by molar-refractivity contribution is -0.0948. The summed E-state index contributed by atoms with van der Waals surface area (Å²) in [6, 6.07) is 5.81. The average molecular weight is 264 g/mol. The van der Waals surface area contributed by atoms with E-state index in [0.717, 1.165) is 25.1 Å². The number of aliphatic hydroxyl groups is 1. The maximum Gasteiger partial charge on any atom is 0.144 e. The van der Waals surface area contributed by atoms with Crippen LogP contribution >= 0.6 is 0 Å². The molecule has 1 unspecified atom stereocenters. The van der Waals surface area contributed by atoms with E-state index in [-0.39, 0.29) is 5.41 Å². The summed E-state index contributed by atoms with van der Waals surface area (Å²) in [4.78, 5) is 6.32. The van der Waals surface area contributed by atoms with Gasteiger partial charge in [0.15, 0.2) is 0 Å². The monoisotopic (exact) mass is 264 g/mol. The van der Waals surface area contributed by atoms with Gasteiger partial charge in [-0.2, -0.15) is 0 Å². The van der Waals surface area contributed by atoms with Crippen molar-refractivity contribution in [3.05, 3.63) is 24.4 Å². The van der Waals surface area contributed by atoms with Crippen LogP contribution in [-0.2, 0) is 0 Å². The summed E-state index contributed by atoms with van der Waals surface area (Å²) < 4.78 is 0. The van der Waals surface area contributed by atoms with Crippen LogP contribution < -0.4 is 4.90 Å². The molecule has 0 fully saturated rings. The van der Waals surface area contributed by atoms with Gasteiger partial charge in [-0.25, -0.2) is 4.98 Å². The molecule has 1 aromatic heterocycles. The van der Waals surface area contributed by atoms with Gasteiger partial charge in [-0.3, -0.25) is 0 Å². The highest BCUT2D eigenvalue weighted by Crippen LogP contribution is 2.46. The third-order valence-corrected chi connectivity index (χ3v) is 4.92. The molecule has 0 aliphatic rings. The molecule has 0 spiro atoms. The third-order valence-electron chi connectivity index (χ3n) is 4.92. The van der Waals surface area contributed by atoms with Crippen LogP contribution in [0, 0.1) is 5.41 Å². The number of aromatic nitrogens is 1. The fraction of sp³-hybridized carbons (Fsp3) is 0.688. The van der Waals surface area contributed by atoms with Crippen molar-refractivity contribution in [3.8, 4) is 0 Å². The topological polar surface area (TPSA) is 36.4 Å². The minimum absolute atomic E-state index is 0.103. The van der Waals surface area contributed by atoms with E-state index in [1.165, 1.54) is 0 Å². The molecule has 0 aromatic carbocycles. The molecule has 108 valence electrons. The lowest BCUT2D eigenvalue weighted by Gasteiger charge is -2.51. The van der Waals surface area contributed by atoms with Crippen molar-refractivity contribution in [1.29, 1.82) is 0 Å². The first-order valence-corrected chi connectivity index (χ1v) is 7.38. The lowest BCUT2D eigenvalue weighted by Crippen LogP contribution is -2.58.